The van der Waals surface area contributed by atoms with Crippen molar-refractivity contribution in [3.05, 3.63) is 65.2 Å². The Bertz CT molecular complexity index is 504. The Hall–Kier alpha value is -1.90. The van der Waals surface area contributed by atoms with E-state index in [0.29, 0.717) is 12.1 Å². The number of anilines is 1. The predicted molar refractivity (Wildman–Crippen MR) is 76.2 cm³/mol. The minimum Gasteiger partial charge on any atom is -0.381 e. The molecule has 0 aromatic heterocycles. The normalized spacial score (nSPS) is 9.53. The van der Waals surface area contributed by atoms with Gasteiger partial charge in [-0.1, -0.05) is 26.0 Å². The Morgan fingerprint density at radius 1 is 0.947 bits per heavy atom. The van der Waals surface area contributed by atoms with E-state index in [1.165, 1.54) is 12.1 Å². The summed E-state index contributed by atoms with van der Waals surface area (Å²) >= 11 is 0. The molecule has 0 saturated carbocycles. The summed E-state index contributed by atoms with van der Waals surface area (Å²) in [6.45, 7) is 6.39. The average molecular weight is 263 g/mol. The van der Waals surface area contributed by atoms with E-state index in [1.807, 2.05) is 45.0 Å². The summed E-state index contributed by atoms with van der Waals surface area (Å²) in [7, 11) is 0. The van der Waals surface area contributed by atoms with Crippen LogP contribution in [0.4, 0.5) is 14.5 Å². The number of benzene rings is 2. The number of hydrogen-bond donors (Lipinski definition) is 1. The first-order chi connectivity index (χ1) is 9.13. The van der Waals surface area contributed by atoms with Gasteiger partial charge in [-0.05, 0) is 42.3 Å². The van der Waals surface area contributed by atoms with E-state index in [1.54, 1.807) is 0 Å². The van der Waals surface area contributed by atoms with Crippen LogP contribution in [0.3, 0.4) is 0 Å². The predicted octanol–water partition coefficient (Wildman–Crippen LogP) is 4.91. The Labute approximate surface area is 113 Å². The molecule has 0 radical (unpaired) electrons. The van der Waals surface area contributed by atoms with Gasteiger partial charge in [-0.25, -0.2) is 8.78 Å². The van der Waals surface area contributed by atoms with Gasteiger partial charge in [0, 0.05) is 18.3 Å². The van der Waals surface area contributed by atoms with E-state index >= 15 is 0 Å². The molecule has 0 heterocycles. The molecule has 2 aromatic carbocycles. The molecule has 1 N–H and O–H groups in total. The molecule has 2 aromatic rings. The van der Waals surface area contributed by atoms with Crippen LogP contribution < -0.4 is 5.32 Å². The van der Waals surface area contributed by atoms with Gasteiger partial charge in [0.05, 0.1) is 0 Å². The SMILES string of the molecule is CC.Cc1cccc(NCc2cc(F)cc(F)c2)c1. The zero-order valence-electron chi connectivity index (χ0n) is 11.5. The smallest absolute Gasteiger partial charge is 0.126 e. The summed E-state index contributed by atoms with van der Waals surface area (Å²) in [6.07, 6.45) is 0. The lowest BCUT2D eigenvalue weighted by Crippen LogP contribution is -2.00. The standard InChI is InChI=1S/C14H13F2N.C2H6/c1-10-3-2-4-14(5-10)17-9-11-6-12(15)8-13(16)7-11;1-2/h2-8,17H,9H2,1H3;1-2H3. The lowest BCUT2D eigenvalue weighted by molar-refractivity contribution is 0.580. The molecular weight excluding hydrogens is 244 g/mol. The summed E-state index contributed by atoms with van der Waals surface area (Å²) in [5.74, 6) is -1.10. The minimum atomic E-state index is -0.550. The van der Waals surface area contributed by atoms with Crippen LogP contribution in [0.15, 0.2) is 42.5 Å². The molecule has 0 bridgehead atoms. The van der Waals surface area contributed by atoms with E-state index in [0.717, 1.165) is 17.3 Å². The quantitative estimate of drug-likeness (QED) is 0.829. The number of hydrogen-bond acceptors (Lipinski definition) is 1. The monoisotopic (exact) mass is 263 g/mol. The zero-order valence-corrected chi connectivity index (χ0v) is 11.5. The molecule has 102 valence electrons. The summed E-state index contributed by atoms with van der Waals surface area (Å²) < 4.78 is 25.9. The zero-order chi connectivity index (χ0) is 14.3. The number of aryl methyl sites for hydroxylation is 1. The highest BCUT2D eigenvalue weighted by Crippen LogP contribution is 2.13. The Morgan fingerprint density at radius 3 is 2.16 bits per heavy atom. The lowest BCUT2D eigenvalue weighted by Gasteiger charge is -2.07. The summed E-state index contributed by atoms with van der Waals surface area (Å²) in [4.78, 5) is 0. The van der Waals surface area contributed by atoms with Gasteiger partial charge in [0.25, 0.3) is 0 Å². The van der Waals surface area contributed by atoms with E-state index in [-0.39, 0.29) is 0 Å². The molecule has 0 aliphatic rings. The van der Waals surface area contributed by atoms with Crippen LogP contribution in [-0.2, 0) is 6.54 Å². The van der Waals surface area contributed by atoms with Crippen LogP contribution in [0.5, 0.6) is 0 Å². The van der Waals surface area contributed by atoms with Crippen molar-refractivity contribution in [1.29, 1.82) is 0 Å². The van der Waals surface area contributed by atoms with Crippen LogP contribution in [0, 0.1) is 18.6 Å². The molecule has 0 fully saturated rings. The largest absolute Gasteiger partial charge is 0.381 e. The molecule has 0 spiro atoms. The maximum Gasteiger partial charge on any atom is 0.126 e. The highest BCUT2D eigenvalue weighted by molar-refractivity contribution is 5.45. The van der Waals surface area contributed by atoms with Gasteiger partial charge in [-0.15, -0.1) is 0 Å². The lowest BCUT2D eigenvalue weighted by atomic mass is 10.2. The number of halogens is 2. The third-order valence-corrected chi connectivity index (χ3v) is 2.44. The van der Waals surface area contributed by atoms with Gasteiger partial charge in [-0.2, -0.15) is 0 Å². The van der Waals surface area contributed by atoms with Gasteiger partial charge in [0.1, 0.15) is 11.6 Å². The molecule has 2 rings (SSSR count). The molecule has 0 aliphatic carbocycles. The van der Waals surface area contributed by atoms with Crippen molar-refractivity contribution in [3.63, 3.8) is 0 Å². The van der Waals surface area contributed by atoms with E-state index in [4.69, 9.17) is 0 Å². The van der Waals surface area contributed by atoms with Crippen molar-refractivity contribution >= 4 is 5.69 Å². The molecule has 0 amide bonds. The van der Waals surface area contributed by atoms with Gasteiger partial charge in [-0.3, -0.25) is 0 Å². The highest BCUT2D eigenvalue weighted by atomic mass is 19.1. The third-order valence-electron chi connectivity index (χ3n) is 2.44. The van der Waals surface area contributed by atoms with Crippen LogP contribution in [0.25, 0.3) is 0 Å². The van der Waals surface area contributed by atoms with Crippen LogP contribution in [0.2, 0.25) is 0 Å². The molecule has 0 unspecified atom stereocenters. The van der Waals surface area contributed by atoms with E-state index < -0.39 is 11.6 Å². The second-order valence-electron chi connectivity index (χ2n) is 4.00. The third kappa shape index (κ3) is 5.08. The first-order valence-electron chi connectivity index (χ1n) is 6.39. The number of rotatable bonds is 3. The Balaban J connectivity index is 0.000000861. The molecule has 0 saturated heterocycles. The Kier molecular flexibility index (Phi) is 6.00. The van der Waals surface area contributed by atoms with Gasteiger partial charge >= 0.3 is 0 Å². The van der Waals surface area contributed by atoms with Gasteiger partial charge < -0.3 is 5.32 Å². The van der Waals surface area contributed by atoms with Crippen molar-refractivity contribution < 1.29 is 8.78 Å². The van der Waals surface area contributed by atoms with E-state index in [9.17, 15) is 8.78 Å². The number of nitrogens with one attached hydrogen (secondary N) is 1. The molecule has 3 heteroatoms. The van der Waals surface area contributed by atoms with Crippen molar-refractivity contribution in [1.82, 2.24) is 0 Å². The molecule has 0 atom stereocenters. The fourth-order valence-electron chi connectivity index (χ4n) is 1.67. The van der Waals surface area contributed by atoms with Crippen molar-refractivity contribution in [2.75, 3.05) is 5.32 Å². The van der Waals surface area contributed by atoms with E-state index in [2.05, 4.69) is 5.32 Å². The van der Waals surface area contributed by atoms with Crippen LogP contribution in [0.1, 0.15) is 25.0 Å². The van der Waals surface area contributed by atoms with Gasteiger partial charge in [0.2, 0.25) is 0 Å². The first kappa shape index (κ1) is 15.2. The fraction of sp³-hybridized carbons (Fsp3) is 0.250. The van der Waals surface area contributed by atoms with Crippen molar-refractivity contribution in [3.8, 4) is 0 Å². The van der Waals surface area contributed by atoms with Gasteiger partial charge in [0.15, 0.2) is 0 Å². The minimum absolute atomic E-state index is 0.401. The molecular formula is C16H19F2N. The van der Waals surface area contributed by atoms with Crippen LogP contribution >= 0.6 is 0 Å². The highest BCUT2D eigenvalue weighted by Gasteiger charge is 2.00. The molecule has 1 nitrogen and oxygen atoms in total. The molecule has 19 heavy (non-hydrogen) atoms. The summed E-state index contributed by atoms with van der Waals surface area (Å²) in [5, 5.41) is 3.12. The fourth-order valence-corrected chi connectivity index (χ4v) is 1.67. The maximum absolute atomic E-state index is 13.0. The maximum atomic E-state index is 13.0. The van der Waals surface area contributed by atoms with Crippen molar-refractivity contribution in [2.45, 2.75) is 27.3 Å². The first-order valence-corrected chi connectivity index (χ1v) is 6.39. The van der Waals surface area contributed by atoms with Crippen molar-refractivity contribution in [2.24, 2.45) is 0 Å². The topological polar surface area (TPSA) is 12.0 Å². The van der Waals surface area contributed by atoms with Crippen LogP contribution in [-0.4, -0.2) is 0 Å². The second-order valence-corrected chi connectivity index (χ2v) is 4.00. The average Bonchev–Trinajstić information content (AvgIpc) is 2.38. The summed E-state index contributed by atoms with van der Waals surface area (Å²) in [5.41, 5.74) is 2.67. The second kappa shape index (κ2) is 7.52. The molecule has 0 aliphatic heterocycles. The summed E-state index contributed by atoms with van der Waals surface area (Å²) in [6, 6.07) is 11.4. The Morgan fingerprint density at radius 2 is 1.58 bits per heavy atom.